The summed E-state index contributed by atoms with van der Waals surface area (Å²) in [6, 6.07) is 0.0529. The van der Waals surface area contributed by atoms with Gasteiger partial charge in [-0.25, -0.2) is 4.79 Å². The second-order valence-electron chi connectivity index (χ2n) is 4.58. The molecule has 1 saturated carbocycles. The van der Waals surface area contributed by atoms with E-state index in [0.29, 0.717) is 0 Å². The van der Waals surface area contributed by atoms with Crippen molar-refractivity contribution in [1.82, 2.24) is 15.5 Å². The van der Waals surface area contributed by atoms with Gasteiger partial charge < -0.3 is 11.1 Å². The summed E-state index contributed by atoms with van der Waals surface area (Å²) in [5, 5.41) is 5.03. The van der Waals surface area contributed by atoms with Crippen LogP contribution in [0.3, 0.4) is 0 Å². The fourth-order valence-electron chi connectivity index (χ4n) is 1.82. The molecular formula is C10H19ClN4O2. The van der Waals surface area contributed by atoms with Gasteiger partial charge in [-0.05, 0) is 19.3 Å². The molecule has 2 aliphatic rings. The molecule has 0 aromatic heterocycles. The van der Waals surface area contributed by atoms with Crippen molar-refractivity contribution in [3.8, 4) is 0 Å². The molecule has 1 atom stereocenters. The lowest BCUT2D eigenvalue weighted by atomic mass is 10.3. The third kappa shape index (κ3) is 4.89. The summed E-state index contributed by atoms with van der Waals surface area (Å²) in [4.78, 5) is 24.7. The molecule has 6 nitrogen and oxygen atoms in total. The molecule has 7 heteroatoms. The second kappa shape index (κ2) is 6.18. The van der Waals surface area contributed by atoms with Crippen LogP contribution in [0.15, 0.2) is 0 Å². The second-order valence-corrected chi connectivity index (χ2v) is 4.58. The van der Waals surface area contributed by atoms with Crippen molar-refractivity contribution >= 4 is 24.3 Å². The Kier molecular flexibility index (Phi) is 5.17. The molecule has 0 bridgehead atoms. The molecule has 1 saturated heterocycles. The predicted octanol–water partition coefficient (Wildman–Crippen LogP) is -0.571. The van der Waals surface area contributed by atoms with Crippen molar-refractivity contribution in [3.05, 3.63) is 0 Å². The molecule has 4 N–H and O–H groups in total. The van der Waals surface area contributed by atoms with E-state index in [1.807, 2.05) is 4.90 Å². The number of rotatable bonds is 3. The van der Waals surface area contributed by atoms with E-state index in [9.17, 15) is 9.59 Å². The van der Waals surface area contributed by atoms with E-state index < -0.39 is 0 Å². The van der Waals surface area contributed by atoms with Crippen molar-refractivity contribution in [2.45, 2.75) is 31.3 Å². The lowest BCUT2D eigenvalue weighted by Gasteiger charge is -2.14. The van der Waals surface area contributed by atoms with Crippen molar-refractivity contribution in [1.29, 1.82) is 0 Å². The van der Waals surface area contributed by atoms with E-state index >= 15 is 0 Å². The monoisotopic (exact) mass is 262 g/mol. The number of amides is 3. The summed E-state index contributed by atoms with van der Waals surface area (Å²) < 4.78 is 0. The Balaban J connectivity index is 0.00000144. The number of hydrogen-bond donors (Lipinski definition) is 3. The Hall–Kier alpha value is -0.850. The number of nitrogens with one attached hydrogen (secondary N) is 2. The topological polar surface area (TPSA) is 87.5 Å². The Labute approximate surface area is 107 Å². The van der Waals surface area contributed by atoms with Crippen LogP contribution in [-0.2, 0) is 4.79 Å². The zero-order valence-electron chi connectivity index (χ0n) is 9.65. The molecule has 0 aromatic rings. The van der Waals surface area contributed by atoms with Gasteiger partial charge in [-0.2, -0.15) is 0 Å². The van der Waals surface area contributed by atoms with Crippen molar-refractivity contribution in [2.24, 2.45) is 5.73 Å². The maximum Gasteiger partial charge on any atom is 0.321 e. The molecule has 2 rings (SSSR count). The third-order valence-electron chi connectivity index (χ3n) is 2.84. The fourth-order valence-corrected chi connectivity index (χ4v) is 1.82. The highest BCUT2D eigenvalue weighted by molar-refractivity contribution is 5.95. The van der Waals surface area contributed by atoms with Gasteiger partial charge in [0.05, 0.1) is 6.54 Å². The number of urea groups is 1. The average molecular weight is 263 g/mol. The van der Waals surface area contributed by atoms with Crippen molar-refractivity contribution in [3.63, 3.8) is 0 Å². The van der Waals surface area contributed by atoms with Crippen molar-refractivity contribution < 1.29 is 9.59 Å². The van der Waals surface area contributed by atoms with Crippen LogP contribution in [0.1, 0.15) is 19.3 Å². The molecule has 0 spiro atoms. The number of nitrogens with zero attached hydrogens (tertiary/aromatic N) is 1. The van der Waals surface area contributed by atoms with Crippen LogP contribution in [0, 0.1) is 0 Å². The van der Waals surface area contributed by atoms with Crippen LogP contribution in [0.25, 0.3) is 0 Å². The predicted molar refractivity (Wildman–Crippen MR) is 66.0 cm³/mol. The number of carbonyl (C=O) groups is 2. The van der Waals surface area contributed by atoms with E-state index in [-0.39, 0.29) is 43.0 Å². The first kappa shape index (κ1) is 14.2. The lowest BCUT2D eigenvalue weighted by molar-refractivity contribution is -0.120. The van der Waals surface area contributed by atoms with E-state index in [2.05, 4.69) is 10.6 Å². The van der Waals surface area contributed by atoms with Crippen LogP contribution in [0.5, 0.6) is 0 Å². The van der Waals surface area contributed by atoms with Gasteiger partial charge in [0.2, 0.25) is 5.91 Å². The number of halogens is 1. The molecule has 2 fully saturated rings. The number of hydrogen-bond acceptors (Lipinski definition) is 4. The average Bonchev–Trinajstić information content (AvgIpc) is 2.89. The fraction of sp³-hybridized carbons (Fsp3) is 0.800. The standard InChI is InChI=1S/C10H18N4O2.ClH/c11-7-3-4-14(5-7)6-9(15)13-10(16)12-8-1-2-8;/h7-8H,1-6,11H2,(H2,12,13,15,16);1H. The first-order valence-corrected chi connectivity index (χ1v) is 5.72. The Morgan fingerprint density at radius 1 is 1.29 bits per heavy atom. The Morgan fingerprint density at radius 3 is 2.53 bits per heavy atom. The van der Waals surface area contributed by atoms with Gasteiger partial charge >= 0.3 is 6.03 Å². The van der Waals surface area contributed by atoms with Gasteiger partial charge in [-0.15, -0.1) is 12.4 Å². The summed E-state index contributed by atoms with van der Waals surface area (Å²) in [5.74, 6) is -0.257. The highest BCUT2D eigenvalue weighted by Gasteiger charge is 2.25. The minimum atomic E-state index is -0.379. The number of imide groups is 1. The quantitative estimate of drug-likeness (QED) is 0.636. The largest absolute Gasteiger partial charge is 0.335 e. The molecule has 1 aliphatic heterocycles. The van der Waals surface area contributed by atoms with Gasteiger partial charge in [0, 0.05) is 25.2 Å². The van der Waals surface area contributed by atoms with Gasteiger partial charge in [-0.1, -0.05) is 0 Å². The van der Waals surface area contributed by atoms with E-state index in [4.69, 9.17) is 5.73 Å². The Bertz CT molecular complexity index is 296. The van der Waals surface area contributed by atoms with Crippen LogP contribution in [-0.4, -0.2) is 48.6 Å². The van der Waals surface area contributed by atoms with Gasteiger partial charge in [0.1, 0.15) is 0 Å². The summed E-state index contributed by atoms with van der Waals surface area (Å²) in [7, 11) is 0. The molecule has 3 amide bonds. The summed E-state index contributed by atoms with van der Waals surface area (Å²) in [5.41, 5.74) is 5.72. The minimum Gasteiger partial charge on any atom is -0.335 e. The highest BCUT2D eigenvalue weighted by atomic mass is 35.5. The van der Waals surface area contributed by atoms with Gasteiger partial charge in [0.15, 0.2) is 0 Å². The SMILES string of the molecule is Cl.NC1CCN(CC(=O)NC(=O)NC2CC2)C1. The molecule has 0 radical (unpaired) electrons. The van der Waals surface area contributed by atoms with E-state index in [0.717, 1.165) is 32.4 Å². The maximum absolute atomic E-state index is 11.5. The van der Waals surface area contributed by atoms with E-state index in [1.54, 1.807) is 0 Å². The number of carbonyl (C=O) groups excluding carboxylic acids is 2. The van der Waals surface area contributed by atoms with Crippen LogP contribution >= 0.6 is 12.4 Å². The molecule has 1 unspecified atom stereocenters. The van der Waals surface area contributed by atoms with Gasteiger partial charge in [0.25, 0.3) is 0 Å². The van der Waals surface area contributed by atoms with Crippen LogP contribution in [0.2, 0.25) is 0 Å². The lowest BCUT2D eigenvalue weighted by Crippen LogP contribution is -2.45. The molecule has 17 heavy (non-hydrogen) atoms. The number of likely N-dealkylation sites (tertiary alicyclic amines) is 1. The Morgan fingerprint density at radius 2 is 2.00 bits per heavy atom. The third-order valence-corrected chi connectivity index (χ3v) is 2.84. The molecule has 1 heterocycles. The zero-order valence-corrected chi connectivity index (χ0v) is 10.5. The van der Waals surface area contributed by atoms with E-state index in [1.165, 1.54) is 0 Å². The normalized spacial score (nSPS) is 23.9. The minimum absolute atomic E-state index is 0. The van der Waals surface area contributed by atoms with Crippen LogP contribution < -0.4 is 16.4 Å². The summed E-state index contributed by atoms with van der Waals surface area (Å²) >= 11 is 0. The van der Waals surface area contributed by atoms with Crippen LogP contribution in [0.4, 0.5) is 4.79 Å². The molecule has 98 valence electrons. The molecular weight excluding hydrogens is 244 g/mol. The first-order valence-electron chi connectivity index (χ1n) is 5.72. The number of nitrogens with two attached hydrogens (primary N) is 1. The first-order chi connectivity index (χ1) is 7.63. The van der Waals surface area contributed by atoms with Crippen molar-refractivity contribution in [2.75, 3.05) is 19.6 Å². The smallest absolute Gasteiger partial charge is 0.321 e. The molecule has 1 aliphatic carbocycles. The highest BCUT2D eigenvalue weighted by Crippen LogP contribution is 2.18. The van der Waals surface area contributed by atoms with Gasteiger partial charge in [-0.3, -0.25) is 15.0 Å². The molecule has 0 aromatic carbocycles. The summed E-state index contributed by atoms with van der Waals surface area (Å²) in [6.07, 6.45) is 2.95. The maximum atomic E-state index is 11.5. The zero-order chi connectivity index (χ0) is 11.5. The summed E-state index contributed by atoms with van der Waals surface area (Å²) in [6.45, 7) is 1.82.